The maximum absolute atomic E-state index is 10.7. The predicted molar refractivity (Wildman–Crippen MR) is 40.4 cm³/mol. The van der Waals surface area contributed by atoms with Gasteiger partial charge in [-0.2, -0.15) is 0 Å². The van der Waals surface area contributed by atoms with E-state index in [0.29, 0.717) is 5.92 Å². The Morgan fingerprint density at radius 3 is 2.78 bits per heavy atom. The van der Waals surface area contributed by atoms with Crippen molar-refractivity contribution >= 4 is 17.5 Å². The Hall–Kier alpha value is -0.240. The summed E-state index contributed by atoms with van der Waals surface area (Å²) in [6.07, 6.45) is 2.05. The van der Waals surface area contributed by atoms with Gasteiger partial charge >= 0.3 is 0 Å². The highest BCUT2D eigenvalue weighted by atomic mass is 32.2. The molecule has 1 atom stereocenters. The van der Waals surface area contributed by atoms with Gasteiger partial charge in [-0.1, -0.05) is 13.0 Å². The van der Waals surface area contributed by atoms with E-state index >= 15 is 0 Å². The number of ketones is 1. The van der Waals surface area contributed by atoms with Gasteiger partial charge in [0.05, 0.1) is 0 Å². The average molecular weight is 142 g/mol. The fourth-order valence-electron chi connectivity index (χ4n) is 0.795. The maximum Gasteiger partial charge on any atom is 0.165 e. The summed E-state index contributed by atoms with van der Waals surface area (Å²) in [6, 6.07) is 0. The van der Waals surface area contributed by atoms with E-state index in [2.05, 4.69) is 6.92 Å². The molecule has 2 heteroatoms. The average Bonchev–Trinajstić information content (AvgIpc) is 2.14. The summed E-state index contributed by atoms with van der Waals surface area (Å²) in [6.45, 7) is 3.75. The van der Waals surface area contributed by atoms with Crippen LogP contribution in [0.1, 0.15) is 13.8 Å². The number of hydrogen-bond donors (Lipinski definition) is 0. The Balaban J connectivity index is 2.62. The summed E-state index contributed by atoms with van der Waals surface area (Å²) in [7, 11) is 0. The molecule has 0 radical (unpaired) electrons. The molecule has 1 aliphatic rings. The molecule has 1 aliphatic heterocycles. The summed E-state index contributed by atoms with van der Waals surface area (Å²) < 4.78 is 0. The zero-order valence-electron chi connectivity index (χ0n) is 5.68. The van der Waals surface area contributed by atoms with Gasteiger partial charge < -0.3 is 0 Å². The summed E-state index contributed by atoms with van der Waals surface area (Å²) in [5.41, 5.74) is 0. The van der Waals surface area contributed by atoms with Gasteiger partial charge in [0.25, 0.3) is 0 Å². The van der Waals surface area contributed by atoms with Crippen molar-refractivity contribution in [2.75, 3.05) is 5.75 Å². The van der Waals surface area contributed by atoms with E-state index in [0.717, 1.165) is 10.7 Å². The Morgan fingerprint density at radius 2 is 2.56 bits per heavy atom. The second kappa shape index (κ2) is 2.56. The Morgan fingerprint density at radius 1 is 1.89 bits per heavy atom. The van der Waals surface area contributed by atoms with Crippen LogP contribution in [0.15, 0.2) is 11.0 Å². The highest BCUT2D eigenvalue weighted by Gasteiger charge is 2.14. The zero-order valence-corrected chi connectivity index (χ0v) is 6.49. The summed E-state index contributed by atoms with van der Waals surface area (Å²) in [5, 5.41) is 0. The molecule has 0 aliphatic carbocycles. The number of thioether (sulfide) groups is 1. The number of allylic oxidation sites excluding steroid dienone is 2. The zero-order chi connectivity index (χ0) is 6.85. The topological polar surface area (TPSA) is 17.1 Å². The lowest BCUT2D eigenvalue weighted by molar-refractivity contribution is -0.112. The largest absolute Gasteiger partial charge is 0.294 e. The molecule has 0 N–H and O–H groups in total. The van der Waals surface area contributed by atoms with Gasteiger partial charge in [0.1, 0.15) is 0 Å². The number of rotatable bonds is 1. The quantitative estimate of drug-likeness (QED) is 0.555. The third-order valence-electron chi connectivity index (χ3n) is 1.28. The molecule has 0 aromatic rings. The molecule has 0 bridgehead atoms. The maximum atomic E-state index is 10.7. The third-order valence-corrected chi connectivity index (χ3v) is 2.71. The van der Waals surface area contributed by atoms with Crippen molar-refractivity contribution in [3.05, 3.63) is 11.0 Å². The minimum absolute atomic E-state index is 0.212. The molecule has 0 fully saturated rings. The standard InChI is InChI=1S/C7H10OS/c1-5-3-7(6(2)8)9-4-5/h3,5H,4H2,1-2H3. The van der Waals surface area contributed by atoms with Crippen LogP contribution in [0.3, 0.4) is 0 Å². The van der Waals surface area contributed by atoms with Gasteiger partial charge in [-0.15, -0.1) is 11.8 Å². The van der Waals surface area contributed by atoms with Gasteiger partial charge in [0.15, 0.2) is 5.78 Å². The van der Waals surface area contributed by atoms with Crippen LogP contribution in [0, 0.1) is 5.92 Å². The number of carbonyl (C=O) groups excluding carboxylic acids is 1. The van der Waals surface area contributed by atoms with Crippen molar-refractivity contribution in [3.63, 3.8) is 0 Å². The first-order valence-corrected chi connectivity index (χ1v) is 4.04. The van der Waals surface area contributed by atoms with E-state index in [1.807, 2.05) is 6.08 Å². The molecule has 0 saturated heterocycles. The number of hydrogen-bond acceptors (Lipinski definition) is 2. The van der Waals surface area contributed by atoms with Gasteiger partial charge in [0.2, 0.25) is 0 Å². The van der Waals surface area contributed by atoms with Crippen molar-refractivity contribution in [3.8, 4) is 0 Å². The predicted octanol–water partition coefficient (Wildman–Crippen LogP) is 1.84. The molecule has 0 saturated carbocycles. The smallest absolute Gasteiger partial charge is 0.165 e. The van der Waals surface area contributed by atoms with Gasteiger partial charge in [-0.25, -0.2) is 0 Å². The van der Waals surface area contributed by atoms with Gasteiger partial charge in [-0.05, 0) is 12.8 Å². The highest BCUT2D eigenvalue weighted by molar-refractivity contribution is 8.04. The number of carbonyl (C=O) groups is 1. The SMILES string of the molecule is CC(=O)C1=CC(C)CS1. The minimum atomic E-state index is 0.212. The van der Waals surface area contributed by atoms with Crippen LogP contribution in [0.5, 0.6) is 0 Å². The molecule has 9 heavy (non-hydrogen) atoms. The van der Waals surface area contributed by atoms with E-state index in [1.165, 1.54) is 0 Å². The normalized spacial score (nSPS) is 26.0. The molecular weight excluding hydrogens is 132 g/mol. The van der Waals surface area contributed by atoms with Crippen LogP contribution in [-0.4, -0.2) is 11.5 Å². The first kappa shape index (κ1) is 6.87. The molecule has 0 aromatic heterocycles. The Bertz CT molecular complexity index is 160. The van der Waals surface area contributed by atoms with Crippen molar-refractivity contribution < 1.29 is 4.79 Å². The molecule has 0 amide bonds. The minimum Gasteiger partial charge on any atom is -0.294 e. The molecule has 1 heterocycles. The highest BCUT2D eigenvalue weighted by Crippen LogP contribution is 2.28. The first-order valence-electron chi connectivity index (χ1n) is 3.05. The van der Waals surface area contributed by atoms with E-state index in [-0.39, 0.29) is 5.78 Å². The molecule has 50 valence electrons. The lowest BCUT2D eigenvalue weighted by atomic mass is 10.2. The lowest BCUT2D eigenvalue weighted by Gasteiger charge is -1.89. The monoisotopic (exact) mass is 142 g/mol. The van der Waals surface area contributed by atoms with E-state index in [1.54, 1.807) is 18.7 Å². The van der Waals surface area contributed by atoms with Crippen LogP contribution < -0.4 is 0 Å². The third kappa shape index (κ3) is 1.58. The van der Waals surface area contributed by atoms with Crippen LogP contribution in [-0.2, 0) is 4.79 Å². The molecule has 1 rings (SSSR count). The van der Waals surface area contributed by atoms with Crippen LogP contribution in [0.4, 0.5) is 0 Å². The van der Waals surface area contributed by atoms with Gasteiger partial charge in [0, 0.05) is 10.7 Å². The fourth-order valence-corrected chi connectivity index (χ4v) is 1.87. The van der Waals surface area contributed by atoms with Crippen LogP contribution in [0.2, 0.25) is 0 Å². The molecular formula is C7H10OS. The first-order chi connectivity index (χ1) is 4.20. The van der Waals surface area contributed by atoms with Crippen molar-refractivity contribution in [1.29, 1.82) is 0 Å². The summed E-state index contributed by atoms with van der Waals surface area (Å²) >= 11 is 1.67. The Labute approximate surface area is 59.5 Å². The van der Waals surface area contributed by atoms with Crippen molar-refractivity contribution in [2.24, 2.45) is 5.92 Å². The van der Waals surface area contributed by atoms with E-state index in [4.69, 9.17) is 0 Å². The van der Waals surface area contributed by atoms with Crippen molar-refractivity contribution in [2.45, 2.75) is 13.8 Å². The summed E-state index contributed by atoms with van der Waals surface area (Å²) in [4.78, 5) is 11.6. The lowest BCUT2D eigenvalue weighted by Crippen LogP contribution is -1.87. The molecule has 0 aromatic carbocycles. The molecule has 1 unspecified atom stereocenters. The second-order valence-corrected chi connectivity index (χ2v) is 3.44. The number of Topliss-reactive ketones (excluding diaryl/α,β-unsaturated/α-hetero) is 1. The molecule has 0 spiro atoms. The van der Waals surface area contributed by atoms with E-state index < -0.39 is 0 Å². The Kier molecular flexibility index (Phi) is 1.96. The molecule has 1 nitrogen and oxygen atoms in total. The van der Waals surface area contributed by atoms with Crippen LogP contribution >= 0.6 is 11.8 Å². The second-order valence-electron chi connectivity index (χ2n) is 2.38. The van der Waals surface area contributed by atoms with E-state index in [9.17, 15) is 4.79 Å². The van der Waals surface area contributed by atoms with Crippen LogP contribution in [0.25, 0.3) is 0 Å². The van der Waals surface area contributed by atoms with Crippen molar-refractivity contribution in [1.82, 2.24) is 0 Å². The fraction of sp³-hybridized carbons (Fsp3) is 0.571. The summed E-state index contributed by atoms with van der Waals surface area (Å²) in [5.74, 6) is 1.88. The van der Waals surface area contributed by atoms with Gasteiger partial charge in [-0.3, -0.25) is 4.79 Å².